The number of carbonyl (C=O) groups is 1. The van der Waals surface area contributed by atoms with Crippen LogP contribution in [0.4, 0.5) is 18.9 Å². The molecule has 3 nitrogen and oxygen atoms in total. The summed E-state index contributed by atoms with van der Waals surface area (Å²) in [4.78, 5) is 11.8. The minimum Gasteiger partial charge on any atom is -0.394 e. The van der Waals surface area contributed by atoms with Crippen molar-refractivity contribution in [3.63, 3.8) is 0 Å². The van der Waals surface area contributed by atoms with Crippen LogP contribution in [0.15, 0.2) is 36.4 Å². The fourth-order valence-corrected chi connectivity index (χ4v) is 1.83. The van der Waals surface area contributed by atoms with Gasteiger partial charge in [-0.05, 0) is 30.2 Å². The van der Waals surface area contributed by atoms with Gasteiger partial charge in [-0.2, -0.15) is 0 Å². The van der Waals surface area contributed by atoms with Crippen molar-refractivity contribution >= 4 is 11.6 Å². The smallest absolute Gasteiger partial charge is 0.251 e. The highest BCUT2D eigenvalue weighted by atomic mass is 19.1. The molecule has 0 bridgehead atoms. The number of nitrogens with one attached hydrogen (secondary N) is 1. The Balaban J connectivity index is 1.98. The van der Waals surface area contributed by atoms with Gasteiger partial charge in [0.25, 0.3) is 5.91 Å². The van der Waals surface area contributed by atoms with Gasteiger partial charge in [0.1, 0.15) is 23.1 Å². The summed E-state index contributed by atoms with van der Waals surface area (Å²) >= 11 is 0. The number of hydrogen-bond donors (Lipinski definition) is 2. The number of hydrogen-bond acceptors (Lipinski definition) is 2. The predicted molar refractivity (Wildman–Crippen MR) is 73.2 cm³/mol. The molecular formula is C15H13F3N2O. The lowest BCUT2D eigenvalue weighted by Gasteiger charge is -2.07. The monoisotopic (exact) mass is 294 g/mol. The molecule has 0 unspecified atom stereocenters. The summed E-state index contributed by atoms with van der Waals surface area (Å²) in [6.45, 7) is 0.146. The summed E-state index contributed by atoms with van der Waals surface area (Å²) in [5.41, 5.74) is 4.77. The molecule has 0 spiro atoms. The molecule has 0 radical (unpaired) electrons. The van der Waals surface area contributed by atoms with E-state index in [1.807, 2.05) is 0 Å². The van der Waals surface area contributed by atoms with Crippen LogP contribution in [0.3, 0.4) is 0 Å². The van der Waals surface area contributed by atoms with Crippen LogP contribution in [0.2, 0.25) is 0 Å². The number of carbonyl (C=O) groups excluding carboxylic acids is 1. The van der Waals surface area contributed by atoms with Gasteiger partial charge in [-0.1, -0.05) is 18.2 Å². The van der Waals surface area contributed by atoms with Crippen LogP contribution in [-0.4, -0.2) is 12.5 Å². The Kier molecular flexibility index (Phi) is 4.47. The van der Waals surface area contributed by atoms with Gasteiger partial charge in [-0.25, -0.2) is 13.2 Å². The van der Waals surface area contributed by atoms with E-state index in [-0.39, 0.29) is 24.3 Å². The average molecular weight is 294 g/mol. The van der Waals surface area contributed by atoms with E-state index in [1.54, 1.807) is 18.2 Å². The lowest BCUT2D eigenvalue weighted by molar-refractivity contribution is 0.0953. The summed E-state index contributed by atoms with van der Waals surface area (Å²) in [6, 6.07) is 7.89. The molecule has 0 aliphatic carbocycles. The lowest BCUT2D eigenvalue weighted by Crippen LogP contribution is -2.26. The van der Waals surface area contributed by atoms with Crippen molar-refractivity contribution < 1.29 is 18.0 Å². The Morgan fingerprint density at radius 2 is 1.67 bits per heavy atom. The molecule has 2 aromatic rings. The Morgan fingerprint density at radius 1 is 1.05 bits per heavy atom. The first kappa shape index (κ1) is 14.9. The molecule has 0 fully saturated rings. The fourth-order valence-electron chi connectivity index (χ4n) is 1.83. The Bertz CT molecular complexity index is 651. The summed E-state index contributed by atoms with van der Waals surface area (Å²) in [7, 11) is 0. The maximum absolute atomic E-state index is 13.4. The highest BCUT2D eigenvalue weighted by Crippen LogP contribution is 2.17. The predicted octanol–water partition coefficient (Wildman–Crippen LogP) is 2.66. The standard InChI is InChI=1S/C15H13F3N2O/c16-11-4-2-1-3-9(11)5-6-20-15(21)10-7-12(17)14(19)13(18)8-10/h1-4,7-8H,5-6,19H2,(H,20,21). The van der Waals surface area contributed by atoms with Crippen molar-refractivity contribution in [1.82, 2.24) is 5.32 Å². The first-order valence-corrected chi connectivity index (χ1v) is 6.25. The summed E-state index contributed by atoms with van der Waals surface area (Å²) in [5.74, 6) is -3.00. The van der Waals surface area contributed by atoms with Crippen LogP contribution in [0, 0.1) is 17.5 Å². The Labute approximate surface area is 119 Å². The van der Waals surface area contributed by atoms with Crippen LogP contribution < -0.4 is 11.1 Å². The summed E-state index contributed by atoms with van der Waals surface area (Å²) < 4.78 is 39.9. The van der Waals surface area contributed by atoms with E-state index >= 15 is 0 Å². The third-order valence-corrected chi connectivity index (χ3v) is 2.98. The van der Waals surface area contributed by atoms with Gasteiger partial charge in [0.15, 0.2) is 0 Å². The van der Waals surface area contributed by atoms with E-state index in [0.717, 1.165) is 12.1 Å². The molecule has 2 rings (SSSR count). The lowest BCUT2D eigenvalue weighted by atomic mass is 10.1. The zero-order valence-electron chi connectivity index (χ0n) is 11.0. The van der Waals surface area contributed by atoms with Gasteiger partial charge < -0.3 is 11.1 Å². The number of benzene rings is 2. The first-order chi connectivity index (χ1) is 9.99. The second kappa shape index (κ2) is 6.30. The number of rotatable bonds is 4. The minimum atomic E-state index is -0.991. The van der Waals surface area contributed by atoms with Crippen molar-refractivity contribution in [2.45, 2.75) is 6.42 Å². The van der Waals surface area contributed by atoms with Crippen LogP contribution >= 0.6 is 0 Å². The average Bonchev–Trinajstić information content (AvgIpc) is 2.46. The third-order valence-electron chi connectivity index (χ3n) is 2.98. The molecule has 0 aromatic heterocycles. The number of amides is 1. The number of nitrogen functional groups attached to an aromatic ring is 1. The van der Waals surface area contributed by atoms with E-state index in [2.05, 4.69) is 5.32 Å². The second-order valence-corrected chi connectivity index (χ2v) is 4.45. The molecule has 1 amide bonds. The zero-order valence-corrected chi connectivity index (χ0v) is 11.0. The largest absolute Gasteiger partial charge is 0.394 e. The Hall–Kier alpha value is -2.50. The van der Waals surface area contributed by atoms with E-state index in [4.69, 9.17) is 5.73 Å². The topological polar surface area (TPSA) is 55.1 Å². The molecule has 0 aliphatic rings. The Morgan fingerprint density at radius 3 is 2.29 bits per heavy atom. The number of halogens is 3. The molecule has 0 heterocycles. The van der Waals surface area contributed by atoms with E-state index in [0.29, 0.717) is 5.56 Å². The highest BCUT2D eigenvalue weighted by Gasteiger charge is 2.13. The van der Waals surface area contributed by atoms with Gasteiger partial charge in [0.2, 0.25) is 0 Å². The van der Waals surface area contributed by atoms with Gasteiger partial charge in [-0.3, -0.25) is 4.79 Å². The van der Waals surface area contributed by atoms with Gasteiger partial charge in [-0.15, -0.1) is 0 Å². The normalized spacial score (nSPS) is 10.4. The maximum Gasteiger partial charge on any atom is 0.251 e. The van der Waals surface area contributed by atoms with Crippen molar-refractivity contribution in [1.29, 1.82) is 0 Å². The van der Waals surface area contributed by atoms with Crippen molar-refractivity contribution in [2.75, 3.05) is 12.3 Å². The molecular weight excluding hydrogens is 281 g/mol. The number of anilines is 1. The van der Waals surface area contributed by atoms with Crippen LogP contribution in [-0.2, 0) is 6.42 Å². The second-order valence-electron chi connectivity index (χ2n) is 4.45. The molecule has 21 heavy (non-hydrogen) atoms. The summed E-state index contributed by atoms with van der Waals surface area (Å²) in [5, 5.41) is 2.47. The fraction of sp³-hybridized carbons (Fsp3) is 0.133. The maximum atomic E-state index is 13.4. The van der Waals surface area contributed by atoms with Gasteiger partial charge >= 0.3 is 0 Å². The van der Waals surface area contributed by atoms with E-state index < -0.39 is 23.2 Å². The van der Waals surface area contributed by atoms with Crippen LogP contribution in [0.25, 0.3) is 0 Å². The highest BCUT2D eigenvalue weighted by molar-refractivity contribution is 5.94. The van der Waals surface area contributed by atoms with Crippen molar-refractivity contribution in [2.24, 2.45) is 0 Å². The minimum absolute atomic E-state index is 0.146. The molecule has 110 valence electrons. The third kappa shape index (κ3) is 3.53. The molecule has 0 aliphatic heterocycles. The van der Waals surface area contributed by atoms with Gasteiger partial charge in [0, 0.05) is 12.1 Å². The first-order valence-electron chi connectivity index (χ1n) is 6.25. The quantitative estimate of drug-likeness (QED) is 0.852. The molecule has 3 N–H and O–H groups in total. The van der Waals surface area contributed by atoms with Gasteiger partial charge in [0.05, 0.1) is 0 Å². The van der Waals surface area contributed by atoms with Crippen molar-refractivity contribution in [3.8, 4) is 0 Å². The molecule has 0 saturated carbocycles. The summed E-state index contributed by atoms with van der Waals surface area (Å²) in [6.07, 6.45) is 0.276. The number of nitrogens with two attached hydrogens (primary N) is 1. The van der Waals surface area contributed by atoms with E-state index in [1.165, 1.54) is 6.07 Å². The SMILES string of the molecule is Nc1c(F)cc(C(=O)NCCc2ccccc2F)cc1F. The molecule has 0 atom stereocenters. The van der Waals surface area contributed by atoms with Crippen molar-refractivity contribution in [3.05, 3.63) is 65.0 Å². The zero-order chi connectivity index (χ0) is 15.4. The van der Waals surface area contributed by atoms with Crippen LogP contribution in [0.5, 0.6) is 0 Å². The molecule has 6 heteroatoms. The molecule has 0 saturated heterocycles. The molecule has 2 aromatic carbocycles. The van der Waals surface area contributed by atoms with E-state index in [9.17, 15) is 18.0 Å². The van der Waals surface area contributed by atoms with Crippen LogP contribution in [0.1, 0.15) is 15.9 Å².